The van der Waals surface area contributed by atoms with Gasteiger partial charge in [-0.1, -0.05) is 149 Å². The highest BCUT2D eigenvalue weighted by molar-refractivity contribution is 6.69. The van der Waals surface area contributed by atoms with Crippen molar-refractivity contribution in [3.63, 3.8) is 0 Å². The average Bonchev–Trinajstić information content (AvgIpc) is 3.65. The molecule has 244 valence electrons. The summed E-state index contributed by atoms with van der Waals surface area (Å²) in [5.41, 5.74) is 9.92. The van der Waals surface area contributed by atoms with Crippen LogP contribution >= 0.6 is 0 Å². The van der Waals surface area contributed by atoms with Gasteiger partial charge in [0.15, 0.2) is 17.5 Å². The average molecular weight is 696 g/mol. The fourth-order valence-electron chi connectivity index (χ4n) is 7.14. The summed E-state index contributed by atoms with van der Waals surface area (Å²) in [6.07, 6.45) is 0. The van der Waals surface area contributed by atoms with Crippen molar-refractivity contribution in [2.45, 2.75) is 0 Å². The summed E-state index contributed by atoms with van der Waals surface area (Å²) in [7, 11) is 44.9. The van der Waals surface area contributed by atoms with Crippen molar-refractivity contribution < 1.29 is 4.42 Å². The number of hydrogen-bond acceptors (Lipinski definition) is 4. The summed E-state index contributed by atoms with van der Waals surface area (Å²) in [6, 6.07) is 44.3. The molecule has 0 bridgehead atoms. The molecule has 0 unspecified atom stereocenters. The van der Waals surface area contributed by atoms with Crippen LogP contribution < -0.4 is 38.2 Å². The molecule has 2 heterocycles. The van der Waals surface area contributed by atoms with Crippen LogP contribution in [0.4, 0.5) is 0 Å². The minimum Gasteiger partial charge on any atom is -0.456 e. The molecule has 11 heteroatoms. The highest BCUT2D eigenvalue weighted by Crippen LogP contribution is 2.34. The van der Waals surface area contributed by atoms with Gasteiger partial charge in [0, 0.05) is 33.0 Å². The van der Waals surface area contributed by atoms with Gasteiger partial charge in [0.1, 0.15) is 66.1 Å². The lowest BCUT2D eigenvalue weighted by molar-refractivity contribution is 0.673. The summed E-state index contributed by atoms with van der Waals surface area (Å²) < 4.78 is 6.35. The number of fused-ring (bicyclic) bond motifs is 3. The number of hydrogen-bond donors (Lipinski definition) is 0. The summed E-state index contributed by atoms with van der Waals surface area (Å²) in [6.45, 7) is 0. The Balaban J connectivity index is 1.11. The number of nitrogens with zero attached hydrogens (tertiary/aromatic N) is 3. The Morgan fingerprint density at radius 3 is 1.23 bits per heavy atom. The van der Waals surface area contributed by atoms with Crippen LogP contribution in [0.2, 0.25) is 0 Å². The molecular weight excluding hydrogens is 674 g/mol. The van der Waals surface area contributed by atoms with E-state index in [-0.39, 0.29) is 43.8 Å². The monoisotopic (exact) mass is 697 g/mol. The van der Waals surface area contributed by atoms with Crippen molar-refractivity contribution in [2.75, 3.05) is 0 Å². The van der Waals surface area contributed by atoms with Gasteiger partial charge in [-0.05, 0) is 33.9 Å². The van der Waals surface area contributed by atoms with Gasteiger partial charge >= 0.3 is 0 Å². The first-order valence-corrected chi connectivity index (χ1v) is 17.8. The van der Waals surface area contributed by atoms with Gasteiger partial charge in [-0.25, -0.2) is 15.0 Å². The van der Waals surface area contributed by atoms with E-state index >= 15 is 0 Å². The van der Waals surface area contributed by atoms with Crippen LogP contribution in [0.5, 0.6) is 0 Å². The Morgan fingerprint density at radius 1 is 0.304 bits per heavy atom. The Kier molecular flexibility index (Phi) is 8.97. The highest BCUT2D eigenvalue weighted by atomic mass is 16.3. The van der Waals surface area contributed by atoms with Crippen LogP contribution in [0.15, 0.2) is 138 Å². The van der Waals surface area contributed by atoms with Gasteiger partial charge in [-0.3, -0.25) is 0 Å². The molecule has 9 rings (SSSR count). The second-order valence-corrected chi connectivity index (χ2v) is 13.6. The predicted octanol–water partition coefficient (Wildman–Crippen LogP) is 3.33. The minimum absolute atomic E-state index is 0.128. The van der Waals surface area contributed by atoms with E-state index in [1.807, 2.05) is 109 Å². The third-order valence-corrected chi connectivity index (χ3v) is 10.2. The zero-order valence-corrected chi connectivity index (χ0v) is 30.0. The molecule has 0 spiro atoms. The Morgan fingerprint density at radius 2 is 0.679 bits per heavy atom. The van der Waals surface area contributed by atoms with E-state index in [4.69, 9.17) is 74.3 Å². The van der Waals surface area contributed by atoms with Crippen molar-refractivity contribution in [3.05, 3.63) is 133 Å². The van der Waals surface area contributed by atoms with E-state index < -0.39 is 0 Å². The van der Waals surface area contributed by atoms with Crippen LogP contribution in [-0.2, 0) is 0 Å². The number of benzene rings is 7. The van der Waals surface area contributed by atoms with Gasteiger partial charge in [-0.15, -0.1) is 16.4 Å². The van der Waals surface area contributed by atoms with E-state index in [1.54, 1.807) is 0 Å². The van der Waals surface area contributed by atoms with Crippen LogP contribution in [0, 0.1) is 0 Å². The van der Waals surface area contributed by atoms with Gasteiger partial charge in [0.2, 0.25) is 0 Å². The lowest BCUT2D eigenvalue weighted by atomic mass is 9.64. The molecule has 0 aliphatic heterocycles. The molecule has 0 fully saturated rings. The molecule has 0 saturated carbocycles. The maximum atomic E-state index is 6.66. The second kappa shape index (κ2) is 14.1. The highest BCUT2D eigenvalue weighted by Gasteiger charge is 2.22. The lowest BCUT2D eigenvalue weighted by Gasteiger charge is -2.16. The smallest absolute Gasteiger partial charge is 0.164 e. The molecule has 2 aromatic heterocycles. The molecule has 14 radical (unpaired) electrons. The largest absolute Gasteiger partial charge is 0.456 e. The normalized spacial score (nSPS) is 11.4. The second-order valence-electron chi connectivity index (χ2n) is 13.6. The van der Waals surface area contributed by atoms with Crippen molar-refractivity contribution in [1.82, 2.24) is 15.0 Å². The van der Waals surface area contributed by atoms with Crippen LogP contribution in [0.25, 0.3) is 89.5 Å². The van der Waals surface area contributed by atoms with Crippen molar-refractivity contribution >= 4 is 115 Å². The summed E-state index contributed by atoms with van der Waals surface area (Å²) >= 11 is 0. The molecule has 0 aliphatic rings. The minimum atomic E-state index is 0.128. The zero-order chi connectivity index (χ0) is 38.7. The number of furan rings is 1. The van der Waals surface area contributed by atoms with Crippen molar-refractivity contribution in [1.29, 1.82) is 0 Å². The first-order valence-electron chi connectivity index (χ1n) is 17.8. The van der Waals surface area contributed by atoms with E-state index in [1.165, 1.54) is 0 Å². The summed E-state index contributed by atoms with van der Waals surface area (Å²) in [5.74, 6) is 1.72. The number of rotatable bonds is 6. The SMILES string of the molecule is [B]c1c([B])c([B])c2c(oc3c(-c4cccc(-c5ccc(-c6nc(-c7ccccc7)nc(-c7ccc(-c8ccccc8)cc7)n6)cc5)c4)c([B])c([B])c([B])c32)c1[B]. The topological polar surface area (TPSA) is 51.8 Å². The van der Waals surface area contributed by atoms with E-state index in [0.29, 0.717) is 39.4 Å². The standard InChI is InChI=1S/C45H22B7N3O/c46-34-31(41-32(35(47)37(34)49)33-36(48)38(50)39(51)40(52)42(33)56-41)30-13-7-12-29(22-30)25-16-20-28(21-17-25)45-54-43(26-10-5-2-6-11-26)53-44(55-45)27-18-14-24(15-19-27)23-8-3-1-4-9-23/h1-22H. The van der Waals surface area contributed by atoms with Gasteiger partial charge in [-0.2, -0.15) is 0 Å². The third-order valence-electron chi connectivity index (χ3n) is 10.2. The quantitative estimate of drug-likeness (QED) is 0.251. The third kappa shape index (κ3) is 6.03. The molecule has 7 aromatic carbocycles. The molecule has 56 heavy (non-hydrogen) atoms. The van der Waals surface area contributed by atoms with Gasteiger partial charge in [0.25, 0.3) is 0 Å². The van der Waals surface area contributed by atoms with Crippen LogP contribution in [0.3, 0.4) is 0 Å². The molecular formula is C45H22B7N3O. The van der Waals surface area contributed by atoms with Crippen LogP contribution in [-0.4, -0.2) is 69.9 Å². The van der Waals surface area contributed by atoms with E-state index in [2.05, 4.69) is 24.3 Å². The van der Waals surface area contributed by atoms with E-state index in [9.17, 15) is 0 Å². The Bertz CT molecular complexity index is 2970. The van der Waals surface area contributed by atoms with Gasteiger partial charge in [0.05, 0.1) is 0 Å². The Labute approximate surface area is 334 Å². The first-order chi connectivity index (χ1) is 27.2. The zero-order valence-electron chi connectivity index (χ0n) is 30.0. The molecule has 4 nitrogen and oxygen atoms in total. The maximum absolute atomic E-state index is 6.66. The molecule has 0 aliphatic carbocycles. The molecule has 9 aromatic rings. The molecule has 0 saturated heterocycles. The predicted molar refractivity (Wildman–Crippen MR) is 237 cm³/mol. The fraction of sp³-hybridized carbons (Fsp3) is 0. The molecule has 0 atom stereocenters. The fourth-order valence-corrected chi connectivity index (χ4v) is 7.14. The van der Waals surface area contributed by atoms with Gasteiger partial charge < -0.3 is 4.42 Å². The molecule has 0 N–H and O–H groups in total. The number of aromatic nitrogens is 3. The summed E-state index contributed by atoms with van der Waals surface area (Å²) in [4.78, 5) is 14.8. The van der Waals surface area contributed by atoms with E-state index in [0.717, 1.165) is 44.5 Å². The first kappa shape index (κ1) is 35.5. The Hall–Kier alpha value is -6.20. The maximum Gasteiger partial charge on any atom is 0.164 e. The van der Waals surface area contributed by atoms with Crippen molar-refractivity contribution in [3.8, 4) is 67.5 Å². The molecule has 0 amide bonds. The van der Waals surface area contributed by atoms with Crippen LogP contribution in [0.1, 0.15) is 0 Å². The van der Waals surface area contributed by atoms with Crippen molar-refractivity contribution in [2.24, 2.45) is 0 Å². The lowest BCUT2D eigenvalue weighted by Crippen LogP contribution is -2.47. The summed E-state index contributed by atoms with van der Waals surface area (Å²) in [5, 5.41) is 0.897.